The van der Waals surface area contributed by atoms with Crippen molar-refractivity contribution < 1.29 is 4.39 Å². The maximum Gasteiger partial charge on any atom is 0.123 e. The fraction of sp³-hybridized carbons (Fsp3) is 0.571. The van der Waals surface area contributed by atoms with Gasteiger partial charge in [0.2, 0.25) is 0 Å². The Hall–Kier alpha value is -0.930. The molecule has 17 heavy (non-hydrogen) atoms. The first-order chi connectivity index (χ1) is 8.12. The number of nitrogens with one attached hydrogen (secondary N) is 1. The molecule has 0 spiro atoms. The molecular formula is C14H23FN2. The van der Waals surface area contributed by atoms with E-state index in [4.69, 9.17) is 5.84 Å². The van der Waals surface area contributed by atoms with Crippen LogP contribution >= 0.6 is 0 Å². The quantitative estimate of drug-likeness (QED) is 0.590. The summed E-state index contributed by atoms with van der Waals surface area (Å²) in [5.74, 6) is 6.01. The summed E-state index contributed by atoms with van der Waals surface area (Å²) in [6.07, 6.45) is 3.06. The van der Waals surface area contributed by atoms with E-state index in [9.17, 15) is 4.39 Å². The van der Waals surface area contributed by atoms with Crippen molar-refractivity contribution in [2.75, 3.05) is 0 Å². The number of nitrogens with two attached hydrogens (primary N) is 1. The van der Waals surface area contributed by atoms with Gasteiger partial charge in [-0.25, -0.2) is 4.39 Å². The van der Waals surface area contributed by atoms with Crippen LogP contribution in [0.4, 0.5) is 4.39 Å². The fourth-order valence-electron chi connectivity index (χ4n) is 2.34. The van der Waals surface area contributed by atoms with Gasteiger partial charge in [-0.1, -0.05) is 32.8 Å². The van der Waals surface area contributed by atoms with Gasteiger partial charge in [0.05, 0.1) is 0 Å². The Morgan fingerprint density at radius 3 is 2.41 bits per heavy atom. The third-order valence-electron chi connectivity index (χ3n) is 3.58. The molecule has 1 atom stereocenters. The topological polar surface area (TPSA) is 38.0 Å². The number of halogens is 1. The minimum absolute atomic E-state index is 0.175. The lowest BCUT2D eigenvalue weighted by Crippen LogP contribution is -2.42. The predicted molar refractivity (Wildman–Crippen MR) is 70.0 cm³/mol. The molecule has 0 fully saturated rings. The SMILES string of the molecule is CCC(CC)C(Cc1ccc(F)cc1C)NN. The Bertz CT molecular complexity index is 348. The summed E-state index contributed by atoms with van der Waals surface area (Å²) in [4.78, 5) is 0. The normalized spacial score (nSPS) is 13.1. The zero-order chi connectivity index (χ0) is 12.8. The van der Waals surface area contributed by atoms with Crippen molar-refractivity contribution in [1.29, 1.82) is 0 Å². The van der Waals surface area contributed by atoms with Gasteiger partial charge in [0.15, 0.2) is 0 Å². The summed E-state index contributed by atoms with van der Waals surface area (Å²) >= 11 is 0. The lowest BCUT2D eigenvalue weighted by Gasteiger charge is -2.25. The molecule has 0 amide bonds. The second-order valence-corrected chi connectivity index (χ2v) is 4.62. The average Bonchev–Trinajstić information content (AvgIpc) is 2.32. The minimum Gasteiger partial charge on any atom is -0.271 e. The predicted octanol–water partition coefficient (Wildman–Crippen LogP) is 2.94. The van der Waals surface area contributed by atoms with E-state index in [-0.39, 0.29) is 11.9 Å². The summed E-state index contributed by atoms with van der Waals surface area (Å²) in [5.41, 5.74) is 5.06. The van der Waals surface area contributed by atoms with Crippen molar-refractivity contribution in [2.24, 2.45) is 11.8 Å². The largest absolute Gasteiger partial charge is 0.271 e. The third kappa shape index (κ3) is 3.79. The van der Waals surface area contributed by atoms with Crippen LogP contribution in [0.5, 0.6) is 0 Å². The standard InChI is InChI=1S/C14H23FN2/c1-4-11(5-2)14(17-16)9-12-6-7-13(15)8-10(12)3/h6-8,11,14,17H,4-5,9,16H2,1-3H3. The van der Waals surface area contributed by atoms with Crippen LogP contribution in [-0.2, 0) is 6.42 Å². The van der Waals surface area contributed by atoms with E-state index in [0.717, 1.165) is 24.8 Å². The van der Waals surface area contributed by atoms with Crippen molar-refractivity contribution in [2.45, 2.75) is 46.1 Å². The number of hydrazine groups is 1. The molecule has 1 aromatic carbocycles. The van der Waals surface area contributed by atoms with Crippen LogP contribution in [0.15, 0.2) is 18.2 Å². The van der Waals surface area contributed by atoms with E-state index >= 15 is 0 Å². The summed E-state index contributed by atoms with van der Waals surface area (Å²) in [6.45, 7) is 6.30. The first kappa shape index (κ1) is 14.1. The molecule has 0 saturated carbocycles. The molecule has 3 N–H and O–H groups in total. The summed E-state index contributed by atoms with van der Waals surface area (Å²) in [6, 6.07) is 5.21. The second-order valence-electron chi connectivity index (χ2n) is 4.62. The van der Waals surface area contributed by atoms with E-state index in [1.165, 1.54) is 11.6 Å². The molecule has 0 saturated heterocycles. The van der Waals surface area contributed by atoms with E-state index < -0.39 is 0 Å². The molecule has 3 heteroatoms. The van der Waals surface area contributed by atoms with Gasteiger partial charge in [-0.2, -0.15) is 0 Å². The highest BCUT2D eigenvalue weighted by Gasteiger charge is 2.18. The lowest BCUT2D eigenvalue weighted by molar-refractivity contribution is 0.335. The molecule has 0 radical (unpaired) electrons. The van der Waals surface area contributed by atoms with Gasteiger partial charge in [-0.05, 0) is 42.5 Å². The molecule has 0 bridgehead atoms. The van der Waals surface area contributed by atoms with E-state index in [1.54, 1.807) is 6.07 Å². The minimum atomic E-state index is -0.175. The molecule has 2 nitrogen and oxygen atoms in total. The Balaban J connectivity index is 2.80. The zero-order valence-electron chi connectivity index (χ0n) is 11.0. The van der Waals surface area contributed by atoms with Crippen LogP contribution in [0.2, 0.25) is 0 Å². The first-order valence-corrected chi connectivity index (χ1v) is 6.33. The van der Waals surface area contributed by atoms with Crippen molar-refractivity contribution in [3.05, 3.63) is 35.1 Å². The Kier molecular flexibility index (Phi) is 5.59. The molecule has 0 aliphatic heterocycles. The number of hydrogen-bond acceptors (Lipinski definition) is 2. The van der Waals surface area contributed by atoms with Gasteiger partial charge in [0, 0.05) is 6.04 Å². The summed E-state index contributed by atoms with van der Waals surface area (Å²) in [7, 11) is 0. The third-order valence-corrected chi connectivity index (χ3v) is 3.58. The van der Waals surface area contributed by atoms with Crippen LogP contribution in [0.3, 0.4) is 0 Å². The van der Waals surface area contributed by atoms with Gasteiger partial charge >= 0.3 is 0 Å². The van der Waals surface area contributed by atoms with Gasteiger partial charge < -0.3 is 0 Å². The zero-order valence-corrected chi connectivity index (χ0v) is 11.0. The molecule has 1 rings (SSSR count). The first-order valence-electron chi connectivity index (χ1n) is 6.33. The molecule has 0 aromatic heterocycles. The van der Waals surface area contributed by atoms with Gasteiger partial charge in [0.25, 0.3) is 0 Å². The summed E-state index contributed by atoms with van der Waals surface area (Å²) < 4.78 is 13.0. The smallest absolute Gasteiger partial charge is 0.123 e. The number of aryl methyl sites for hydroxylation is 1. The van der Waals surface area contributed by atoms with Crippen molar-refractivity contribution in [3.8, 4) is 0 Å². The average molecular weight is 238 g/mol. The van der Waals surface area contributed by atoms with E-state index in [0.29, 0.717) is 5.92 Å². The lowest BCUT2D eigenvalue weighted by atomic mass is 9.89. The number of hydrogen-bond donors (Lipinski definition) is 2. The highest BCUT2D eigenvalue weighted by Crippen LogP contribution is 2.19. The number of benzene rings is 1. The monoisotopic (exact) mass is 238 g/mol. The van der Waals surface area contributed by atoms with Gasteiger partial charge in [-0.15, -0.1) is 0 Å². The van der Waals surface area contributed by atoms with Crippen molar-refractivity contribution in [3.63, 3.8) is 0 Å². The molecule has 0 heterocycles. The fourth-order valence-corrected chi connectivity index (χ4v) is 2.34. The van der Waals surface area contributed by atoms with Crippen molar-refractivity contribution in [1.82, 2.24) is 5.43 Å². The maximum absolute atomic E-state index is 13.0. The number of rotatable bonds is 6. The molecular weight excluding hydrogens is 215 g/mol. The van der Waals surface area contributed by atoms with Crippen LogP contribution in [0.1, 0.15) is 37.8 Å². The maximum atomic E-state index is 13.0. The highest BCUT2D eigenvalue weighted by molar-refractivity contribution is 5.27. The van der Waals surface area contributed by atoms with Gasteiger partial charge in [0.1, 0.15) is 5.82 Å². The Morgan fingerprint density at radius 1 is 1.29 bits per heavy atom. The molecule has 0 aliphatic carbocycles. The Labute approximate surface area is 103 Å². The Morgan fingerprint density at radius 2 is 1.94 bits per heavy atom. The van der Waals surface area contributed by atoms with E-state index in [1.807, 2.05) is 13.0 Å². The highest BCUT2D eigenvalue weighted by atomic mass is 19.1. The van der Waals surface area contributed by atoms with Crippen molar-refractivity contribution >= 4 is 0 Å². The second kappa shape index (κ2) is 6.72. The van der Waals surface area contributed by atoms with Crippen LogP contribution in [0, 0.1) is 18.7 Å². The van der Waals surface area contributed by atoms with Gasteiger partial charge in [-0.3, -0.25) is 11.3 Å². The van der Waals surface area contributed by atoms with E-state index in [2.05, 4.69) is 19.3 Å². The van der Waals surface area contributed by atoms with Crippen LogP contribution < -0.4 is 11.3 Å². The van der Waals surface area contributed by atoms with Crippen LogP contribution in [-0.4, -0.2) is 6.04 Å². The molecule has 0 aliphatic rings. The molecule has 96 valence electrons. The molecule has 1 aromatic rings. The molecule has 1 unspecified atom stereocenters. The van der Waals surface area contributed by atoms with Crippen LogP contribution in [0.25, 0.3) is 0 Å². The summed E-state index contributed by atoms with van der Waals surface area (Å²) in [5, 5.41) is 0.